The Morgan fingerprint density at radius 2 is 2.36 bits per heavy atom. The molecule has 1 aromatic rings. The Kier molecular flexibility index (Phi) is 3.39. The number of hydrogen-bond donors (Lipinski definition) is 2. The number of anilines is 1. The molecule has 0 amide bonds. The summed E-state index contributed by atoms with van der Waals surface area (Å²) < 4.78 is 0. The van der Waals surface area contributed by atoms with Crippen molar-refractivity contribution in [3.8, 4) is 0 Å². The quantitative estimate of drug-likeness (QED) is 0.740. The fourth-order valence-corrected chi connectivity index (χ4v) is 1.18. The summed E-state index contributed by atoms with van der Waals surface area (Å²) in [5.41, 5.74) is 1.46. The van der Waals surface area contributed by atoms with E-state index in [4.69, 9.17) is 5.11 Å². The van der Waals surface area contributed by atoms with Crippen molar-refractivity contribution in [2.75, 3.05) is 12.4 Å². The lowest BCUT2D eigenvalue weighted by Crippen LogP contribution is -2.08. The molecule has 0 saturated heterocycles. The van der Waals surface area contributed by atoms with Crippen LogP contribution in [0.1, 0.15) is 18.2 Å². The first-order chi connectivity index (χ1) is 6.67. The summed E-state index contributed by atoms with van der Waals surface area (Å²) in [4.78, 5) is 18.7. The zero-order valence-electron chi connectivity index (χ0n) is 8.24. The van der Waals surface area contributed by atoms with Gasteiger partial charge in [-0.15, -0.1) is 0 Å². The third-order valence-electron chi connectivity index (χ3n) is 1.85. The van der Waals surface area contributed by atoms with Crippen molar-refractivity contribution in [2.45, 2.75) is 19.8 Å². The van der Waals surface area contributed by atoms with Gasteiger partial charge >= 0.3 is 5.97 Å². The third-order valence-corrected chi connectivity index (χ3v) is 1.85. The molecule has 14 heavy (non-hydrogen) atoms. The van der Waals surface area contributed by atoms with Crippen LogP contribution >= 0.6 is 0 Å². The maximum absolute atomic E-state index is 10.5. The molecule has 76 valence electrons. The molecule has 2 N–H and O–H groups in total. The Bertz CT molecular complexity index is 339. The van der Waals surface area contributed by atoms with E-state index in [1.807, 2.05) is 6.92 Å². The number of carboxylic acid groups (broad SMARTS) is 1. The van der Waals surface area contributed by atoms with Crippen molar-refractivity contribution in [2.24, 2.45) is 0 Å². The lowest BCUT2D eigenvalue weighted by atomic mass is 10.1. The number of rotatable bonds is 4. The van der Waals surface area contributed by atoms with E-state index in [0.717, 1.165) is 5.69 Å². The van der Waals surface area contributed by atoms with Gasteiger partial charge in [-0.25, -0.2) is 9.97 Å². The first-order valence-corrected chi connectivity index (χ1v) is 4.41. The van der Waals surface area contributed by atoms with Crippen LogP contribution in [0.15, 0.2) is 6.20 Å². The molecule has 1 rings (SSSR count). The van der Waals surface area contributed by atoms with Crippen molar-refractivity contribution in [1.82, 2.24) is 9.97 Å². The second-order valence-corrected chi connectivity index (χ2v) is 2.84. The van der Waals surface area contributed by atoms with Crippen LogP contribution in [-0.2, 0) is 17.6 Å². The summed E-state index contributed by atoms with van der Waals surface area (Å²) in [6, 6.07) is 0. The predicted molar refractivity (Wildman–Crippen MR) is 52.3 cm³/mol. The first kappa shape index (κ1) is 10.4. The summed E-state index contributed by atoms with van der Waals surface area (Å²) in [5.74, 6) is -0.337. The lowest BCUT2D eigenvalue weighted by Gasteiger charge is -2.05. The molecule has 0 spiro atoms. The molecule has 0 aliphatic rings. The molecule has 0 aliphatic heterocycles. The van der Waals surface area contributed by atoms with Crippen molar-refractivity contribution in [3.05, 3.63) is 17.5 Å². The van der Waals surface area contributed by atoms with Gasteiger partial charge in [-0.05, 0) is 6.42 Å². The molecule has 0 fully saturated rings. The Hall–Kier alpha value is -1.65. The first-order valence-electron chi connectivity index (χ1n) is 4.41. The average Bonchev–Trinajstić information content (AvgIpc) is 2.17. The third kappa shape index (κ3) is 2.42. The molecule has 0 bridgehead atoms. The average molecular weight is 195 g/mol. The van der Waals surface area contributed by atoms with Gasteiger partial charge in [0, 0.05) is 24.5 Å². The number of hydrogen-bond acceptors (Lipinski definition) is 4. The fraction of sp³-hybridized carbons (Fsp3) is 0.444. The SMILES string of the molecule is CCc1nc(NC)ncc1CC(=O)O. The maximum atomic E-state index is 10.5. The minimum atomic E-state index is -0.861. The minimum Gasteiger partial charge on any atom is -0.481 e. The van der Waals surface area contributed by atoms with Crippen LogP contribution in [0.5, 0.6) is 0 Å². The van der Waals surface area contributed by atoms with Gasteiger partial charge in [0.1, 0.15) is 0 Å². The van der Waals surface area contributed by atoms with Gasteiger partial charge in [0.15, 0.2) is 0 Å². The highest BCUT2D eigenvalue weighted by atomic mass is 16.4. The smallest absolute Gasteiger partial charge is 0.307 e. The lowest BCUT2D eigenvalue weighted by molar-refractivity contribution is -0.136. The largest absolute Gasteiger partial charge is 0.481 e. The monoisotopic (exact) mass is 195 g/mol. The standard InChI is InChI=1S/C9H13N3O2/c1-3-7-6(4-8(13)14)5-11-9(10-2)12-7/h5H,3-4H2,1-2H3,(H,13,14)(H,10,11,12). The Balaban J connectivity index is 2.98. The molecule has 5 nitrogen and oxygen atoms in total. The second-order valence-electron chi connectivity index (χ2n) is 2.84. The molecule has 0 radical (unpaired) electrons. The fourth-order valence-electron chi connectivity index (χ4n) is 1.18. The summed E-state index contributed by atoms with van der Waals surface area (Å²) in [7, 11) is 1.73. The number of nitrogens with zero attached hydrogens (tertiary/aromatic N) is 2. The maximum Gasteiger partial charge on any atom is 0.307 e. The summed E-state index contributed by atoms with van der Waals surface area (Å²) in [6.07, 6.45) is 2.25. The second kappa shape index (κ2) is 4.55. The van der Waals surface area contributed by atoms with E-state index in [1.54, 1.807) is 13.2 Å². The van der Waals surface area contributed by atoms with Crippen LogP contribution in [-0.4, -0.2) is 28.1 Å². The van der Waals surface area contributed by atoms with Gasteiger partial charge < -0.3 is 10.4 Å². The number of aryl methyl sites for hydroxylation is 1. The zero-order chi connectivity index (χ0) is 10.6. The van der Waals surface area contributed by atoms with E-state index in [-0.39, 0.29) is 6.42 Å². The van der Waals surface area contributed by atoms with E-state index in [1.165, 1.54) is 0 Å². The molecule has 0 atom stereocenters. The molecule has 5 heteroatoms. The van der Waals surface area contributed by atoms with Crippen LogP contribution in [0.4, 0.5) is 5.95 Å². The Morgan fingerprint density at radius 1 is 1.64 bits per heavy atom. The molecule has 0 saturated carbocycles. The van der Waals surface area contributed by atoms with Crippen LogP contribution in [0.3, 0.4) is 0 Å². The summed E-state index contributed by atoms with van der Waals surface area (Å²) >= 11 is 0. The van der Waals surface area contributed by atoms with Crippen molar-refractivity contribution >= 4 is 11.9 Å². The molecule has 0 aliphatic carbocycles. The van der Waals surface area contributed by atoms with E-state index < -0.39 is 5.97 Å². The highest BCUT2D eigenvalue weighted by molar-refractivity contribution is 5.70. The van der Waals surface area contributed by atoms with Gasteiger partial charge in [0.2, 0.25) is 5.95 Å². The van der Waals surface area contributed by atoms with Crippen molar-refractivity contribution in [1.29, 1.82) is 0 Å². The number of aliphatic carboxylic acids is 1. The van der Waals surface area contributed by atoms with E-state index in [0.29, 0.717) is 17.9 Å². The van der Waals surface area contributed by atoms with Crippen molar-refractivity contribution < 1.29 is 9.90 Å². The summed E-state index contributed by atoms with van der Waals surface area (Å²) in [6.45, 7) is 1.94. The van der Waals surface area contributed by atoms with Gasteiger partial charge in [0.25, 0.3) is 0 Å². The van der Waals surface area contributed by atoms with Gasteiger partial charge in [-0.3, -0.25) is 4.79 Å². The number of aromatic nitrogens is 2. The van der Waals surface area contributed by atoms with Crippen LogP contribution < -0.4 is 5.32 Å². The van der Waals surface area contributed by atoms with Gasteiger partial charge in [-0.1, -0.05) is 6.92 Å². The summed E-state index contributed by atoms with van der Waals surface area (Å²) in [5, 5.41) is 11.5. The van der Waals surface area contributed by atoms with Crippen LogP contribution in [0, 0.1) is 0 Å². The highest BCUT2D eigenvalue weighted by Gasteiger charge is 2.08. The van der Waals surface area contributed by atoms with Gasteiger partial charge in [0.05, 0.1) is 6.42 Å². The minimum absolute atomic E-state index is 0.0207. The van der Waals surface area contributed by atoms with Crippen molar-refractivity contribution in [3.63, 3.8) is 0 Å². The van der Waals surface area contributed by atoms with E-state index >= 15 is 0 Å². The molecule has 0 aromatic carbocycles. The number of nitrogens with one attached hydrogen (secondary N) is 1. The molecular weight excluding hydrogens is 182 g/mol. The number of carbonyl (C=O) groups is 1. The normalized spacial score (nSPS) is 9.86. The highest BCUT2D eigenvalue weighted by Crippen LogP contribution is 2.09. The molecular formula is C9H13N3O2. The molecule has 0 unspecified atom stereocenters. The van der Waals surface area contributed by atoms with E-state index in [9.17, 15) is 4.79 Å². The molecule has 1 heterocycles. The zero-order valence-corrected chi connectivity index (χ0v) is 8.24. The Morgan fingerprint density at radius 3 is 2.86 bits per heavy atom. The molecule has 1 aromatic heterocycles. The Labute approximate surface area is 82.2 Å². The van der Waals surface area contributed by atoms with Gasteiger partial charge in [-0.2, -0.15) is 0 Å². The van der Waals surface area contributed by atoms with E-state index in [2.05, 4.69) is 15.3 Å². The predicted octanol–water partition coefficient (Wildman–Crippen LogP) is 0.708. The van der Waals surface area contributed by atoms with Crippen LogP contribution in [0.25, 0.3) is 0 Å². The number of carboxylic acids is 1. The topological polar surface area (TPSA) is 75.1 Å². The van der Waals surface area contributed by atoms with Crippen LogP contribution in [0.2, 0.25) is 0 Å².